The fraction of sp³-hybridized carbons (Fsp3) is 0.700. The normalized spacial score (nSPS) is 15.0. The minimum atomic E-state index is -4.61. The number of aliphatic hydroxyl groups excluding tert-OH is 1. The lowest BCUT2D eigenvalue weighted by atomic mass is 10.0. The topological polar surface area (TPSA) is 108 Å². The molecule has 2 N–H and O–H groups in total. The number of rotatable bonds is 41. The SMILES string of the molecule is CC/C=C\C/C=C\C/C=C\C/C=C\C/C=C\CCCCCC(=O)NC(COP(=O)([O-])OCC[N+](C)(C)C)C(O)/C=C/CC/C=C/CCCCCCCCCCCCCC. The zero-order valence-corrected chi connectivity index (χ0v) is 39.3. The Morgan fingerprint density at radius 1 is 0.610 bits per heavy atom. The summed E-state index contributed by atoms with van der Waals surface area (Å²) >= 11 is 0. The number of carbonyl (C=O) groups is 1. The molecule has 0 radical (unpaired) electrons. The van der Waals surface area contributed by atoms with Crippen LogP contribution >= 0.6 is 7.82 Å². The first-order valence-corrected chi connectivity index (χ1v) is 24.9. The molecule has 0 fully saturated rings. The van der Waals surface area contributed by atoms with E-state index in [2.05, 4.69) is 92.1 Å². The van der Waals surface area contributed by atoms with Gasteiger partial charge in [-0.25, -0.2) is 0 Å². The van der Waals surface area contributed by atoms with Crippen molar-refractivity contribution in [2.75, 3.05) is 40.9 Å². The molecule has 0 saturated heterocycles. The van der Waals surface area contributed by atoms with Gasteiger partial charge in [0.1, 0.15) is 13.2 Å². The maximum atomic E-state index is 12.9. The van der Waals surface area contributed by atoms with E-state index in [9.17, 15) is 19.4 Å². The molecule has 0 heterocycles. The lowest BCUT2D eigenvalue weighted by Gasteiger charge is -2.29. The Balaban J connectivity index is 4.53. The summed E-state index contributed by atoms with van der Waals surface area (Å²) in [7, 11) is 1.21. The van der Waals surface area contributed by atoms with Crippen molar-refractivity contribution < 1.29 is 32.9 Å². The van der Waals surface area contributed by atoms with Crippen molar-refractivity contribution >= 4 is 13.7 Å². The molecular formula is C50H89N2O6P. The highest BCUT2D eigenvalue weighted by atomic mass is 31.2. The highest BCUT2D eigenvalue weighted by molar-refractivity contribution is 7.45. The monoisotopic (exact) mass is 845 g/mol. The van der Waals surface area contributed by atoms with Crippen molar-refractivity contribution in [3.8, 4) is 0 Å². The van der Waals surface area contributed by atoms with E-state index in [1.165, 1.54) is 77.0 Å². The van der Waals surface area contributed by atoms with Crippen molar-refractivity contribution in [2.45, 2.75) is 187 Å². The van der Waals surface area contributed by atoms with Gasteiger partial charge in [-0.1, -0.05) is 176 Å². The van der Waals surface area contributed by atoms with Gasteiger partial charge in [0.05, 0.1) is 39.9 Å². The van der Waals surface area contributed by atoms with Crippen molar-refractivity contribution in [2.24, 2.45) is 0 Å². The third-order valence-electron chi connectivity index (χ3n) is 9.84. The molecule has 59 heavy (non-hydrogen) atoms. The summed E-state index contributed by atoms with van der Waals surface area (Å²) < 4.78 is 23.2. The number of nitrogens with zero attached hydrogens (tertiary/aromatic N) is 1. The highest BCUT2D eigenvalue weighted by Gasteiger charge is 2.23. The standard InChI is InChI=1S/C50H89N2O6P/c1-6-8-10-12-14-16-18-20-22-24-26-28-30-32-34-36-38-40-42-44-50(54)51-48(47-58-59(55,56)57-46-45-52(3,4)5)49(53)43-41-39-37-35-33-31-29-27-25-23-21-19-17-15-13-11-9-7-2/h8,10,14,16,20,22,26,28,32-35,41,43,48-49,53H,6-7,9,11-13,15,17-19,21,23-25,27,29-31,36-40,42,44-47H2,1-5H3,(H-,51,54,55,56)/b10-8-,16-14-,22-20-,28-26-,34-32-,35-33+,43-41+. The molecule has 9 heteroatoms. The van der Waals surface area contributed by atoms with Gasteiger partial charge in [0.15, 0.2) is 0 Å². The smallest absolute Gasteiger partial charge is 0.268 e. The Bertz CT molecular complexity index is 1230. The fourth-order valence-corrected chi connectivity index (χ4v) is 6.86. The predicted molar refractivity (Wildman–Crippen MR) is 251 cm³/mol. The number of quaternary nitrogens is 1. The number of likely N-dealkylation sites (N-methyl/N-ethyl adjacent to an activating group) is 1. The minimum Gasteiger partial charge on any atom is -0.756 e. The zero-order valence-electron chi connectivity index (χ0n) is 38.4. The Morgan fingerprint density at radius 2 is 1.05 bits per heavy atom. The molecule has 1 amide bonds. The van der Waals surface area contributed by atoms with E-state index < -0.39 is 26.6 Å². The van der Waals surface area contributed by atoms with Crippen LogP contribution in [0.4, 0.5) is 0 Å². The van der Waals surface area contributed by atoms with Gasteiger partial charge in [-0.05, 0) is 77.0 Å². The van der Waals surface area contributed by atoms with Gasteiger partial charge in [0.2, 0.25) is 5.91 Å². The van der Waals surface area contributed by atoms with Gasteiger partial charge in [-0.15, -0.1) is 0 Å². The Labute approximate surface area is 363 Å². The van der Waals surface area contributed by atoms with Gasteiger partial charge in [-0.2, -0.15) is 0 Å². The summed E-state index contributed by atoms with van der Waals surface area (Å²) in [6.07, 6.45) is 56.4. The van der Waals surface area contributed by atoms with Crippen LogP contribution in [-0.4, -0.2) is 68.5 Å². The van der Waals surface area contributed by atoms with Crippen LogP contribution in [0, 0.1) is 0 Å². The number of hydrogen-bond donors (Lipinski definition) is 2. The Morgan fingerprint density at radius 3 is 1.58 bits per heavy atom. The van der Waals surface area contributed by atoms with Gasteiger partial charge in [-0.3, -0.25) is 9.36 Å². The number of phosphoric acid groups is 1. The van der Waals surface area contributed by atoms with E-state index >= 15 is 0 Å². The van der Waals surface area contributed by atoms with Gasteiger partial charge in [0.25, 0.3) is 7.82 Å². The van der Waals surface area contributed by atoms with Crippen molar-refractivity contribution in [3.05, 3.63) is 85.1 Å². The van der Waals surface area contributed by atoms with Crippen LogP contribution in [0.1, 0.15) is 174 Å². The second-order valence-electron chi connectivity index (χ2n) is 16.7. The first-order valence-electron chi connectivity index (χ1n) is 23.4. The van der Waals surface area contributed by atoms with Gasteiger partial charge >= 0.3 is 0 Å². The second kappa shape index (κ2) is 41.1. The molecular weight excluding hydrogens is 756 g/mol. The summed E-state index contributed by atoms with van der Waals surface area (Å²) in [5.41, 5.74) is 0. The van der Waals surface area contributed by atoms with E-state index in [-0.39, 0.29) is 18.9 Å². The molecule has 0 aromatic rings. The average Bonchev–Trinajstić information content (AvgIpc) is 3.19. The summed E-state index contributed by atoms with van der Waals surface area (Å²) in [5, 5.41) is 13.8. The number of carbonyl (C=O) groups excluding carboxylic acids is 1. The molecule has 0 spiro atoms. The van der Waals surface area contributed by atoms with E-state index in [0.717, 1.165) is 70.6 Å². The van der Waals surface area contributed by atoms with Crippen molar-refractivity contribution in [1.82, 2.24) is 5.32 Å². The van der Waals surface area contributed by atoms with Crippen LogP contribution in [0.15, 0.2) is 85.1 Å². The molecule has 3 atom stereocenters. The first kappa shape index (κ1) is 56.7. The van der Waals surface area contributed by atoms with Crippen molar-refractivity contribution in [3.63, 3.8) is 0 Å². The molecule has 340 valence electrons. The molecule has 0 aromatic carbocycles. The molecule has 0 aliphatic rings. The quantitative estimate of drug-likeness (QED) is 0.0275. The lowest BCUT2D eigenvalue weighted by Crippen LogP contribution is -2.45. The lowest BCUT2D eigenvalue weighted by molar-refractivity contribution is -0.870. The second-order valence-corrected chi connectivity index (χ2v) is 18.1. The van der Waals surface area contributed by atoms with Crippen LogP contribution in [-0.2, 0) is 18.4 Å². The maximum absolute atomic E-state index is 12.9. The highest BCUT2D eigenvalue weighted by Crippen LogP contribution is 2.38. The summed E-state index contributed by atoms with van der Waals surface area (Å²) in [4.78, 5) is 25.3. The number of aliphatic hydroxyl groups is 1. The molecule has 0 aromatic heterocycles. The van der Waals surface area contributed by atoms with Crippen LogP contribution in [0.5, 0.6) is 0 Å². The molecule has 8 nitrogen and oxygen atoms in total. The number of unbranched alkanes of at least 4 members (excludes halogenated alkanes) is 16. The Hall–Kier alpha value is -2.32. The van der Waals surface area contributed by atoms with Crippen LogP contribution in [0.2, 0.25) is 0 Å². The third kappa shape index (κ3) is 43.6. The summed E-state index contributed by atoms with van der Waals surface area (Å²) in [6, 6.07) is -0.925. The van der Waals surface area contributed by atoms with Gasteiger partial charge < -0.3 is 28.8 Å². The Kier molecular flexibility index (Phi) is 39.4. The van der Waals surface area contributed by atoms with Crippen molar-refractivity contribution in [1.29, 1.82) is 0 Å². The summed E-state index contributed by atoms with van der Waals surface area (Å²) in [5.74, 6) is -0.242. The van der Waals surface area contributed by atoms with E-state index in [1.807, 2.05) is 27.2 Å². The molecule has 0 aliphatic carbocycles. The van der Waals surface area contributed by atoms with Crippen LogP contribution in [0.25, 0.3) is 0 Å². The molecule has 0 aliphatic heterocycles. The predicted octanol–water partition coefficient (Wildman–Crippen LogP) is 12.7. The van der Waals surface area contributed by atoms with Crippen LogP contribution < -0.4 is 10.2 Å². The number of phosphoric ester groups is 1. The van der Waals surface area contributed by atoms with E-state index in [4.69, 9.17) is 9.05 Å². The number of allylic oxidation sites excluding steroid dienone is 13. The van der Waals surface area contributed by atoms with E-state index in [1.54, 1.807) is 6.08 Å². The molecule has 0 saturated carbocycles. The van der Waals surface area contributed by atoms with Crippen LogP contribution in [0.3, 0.4) is 0 Å². The third-order valence-corrected chi connectivity index (χ3v) is 10.8. The number of amides is 1. The minimum absolute atomic E-state index is 0.0177. The average molecular weight is 845 g/mol. The molecule has 0 rings (SSSR count). The largest absolute Gasteiger partial charge is 0.756 e. The maximum Gasteiger partial charge on any atom is 0.268 e. The fourth-order valence-electron chi connectivity index (χ4n) is 6.13. The molecule has 0 bridgehead atoms. The number of hydrogen-bond acceptors (Lipinski definition) is 6. The van der Waals surface area contributed by atoms with E-state index in [0.29, 0.717) is 17.4 Å². The summed E-state index contributed by atoms with van der Waals surface area (Å²) in [6.45, 7) is 4.47. The first-order chi connectivity index (χ1) is 28.5. The van der Waals surface area contributed by atoms with Gasteiger partial charge in [0, 0.05) is 6.42 Å². The zero-order chi connectivity index (χ0) is 43.6. The number of nitrogens with one attached hydrogen (secondary N) is 1. The molecule has 3 unspecified atom stereocenters.